The molecular weight excluding hydrogens is 344 g/mol. The van der Waals surface area contributed by atoms with E-state index in [1.807, 2.05) is 18.3 Å². The minimum atomic E-state index is 0.0515. The van der Waals surface area contributed by atoms with E-state index in [4.69, 9.17) is 17.0 Å². The first-order chi connectivity index (χ1) is 12.8. The molecule has 1 saturated heterocycles. The van der Waals surface area contributed by atoms with Crippen molar-refractivity contribution in [3.05, 3.63) is 54.1 Å². The molecule has 2 atom stereocenters. The fourth-order valence-electron chi connectivity index (χ4n) is 4.33. The molecular formula is C20H26N4OS. The molecule has 2 fully saturated rings. The van der Waals surface area contributed by atoms with E-state index in [0.717, 1.165) is 17.4 Å². The van der Waals surface area contributed by atoms with Crippen LogP contribution in [0.1, 0.15) is 55.2 Å². The number of nitrogens with one attached hydrogen (secondary N) is 1. The maximum Gasteiger partial charge on any atom is 0.170 e. The number of rotatable bonds is 6. The number of thiocarbonyl (C=S) groups is 1. The van der Waals surface area contributed by atoms with E-state index in [0.29, 0.717) is 12.6 Å². The second-order valence-electron chi connectivity index (χ2n) is 7.09. The Bertz CT molecular complexity index is 741. The van der Waals surface area contributed by atoms with Gasteiger partial charge in [0, 0.05) is 37.8 Å². The summed E-state index contributed by atoms with van der Waals surface area (Å²) in [7, 11) is 1.74. The molecule has 0 spiro atoms. The molecule has 2 unspecified atom stereocenters. The number of methoxy groups -OCH3 is 1. The molecule has 5 nitrogen and oxygen atoms in total. The van der Waals surface area contributed by atoms with Crippen molar-refractivity contribution in [2.45, 2.75) is 43.8 Å². The van der Waals surface area contributed by atoms with Crippen LogP contribution in [0.5, 0.6) is 0 Å². The van der Waals surface area contributed by atoms with Crippen LogP contribution in [0.4, 0.5) is 0 Å². The van der Waals surface area contributed by atoms with Gasteiger partial charge in [-0.15, -0.1) is 0 Å². The average molecular weight is 371 g/mol. The summed E-state index contributed by atoms with van der Waals surface area (Å²) in [6, 6.07) is 11.3. The van der Waals surface area contributed by atoms with Crippen molar-refractivity contribution >= 4 is 17.3 Å². The quantitative estimate of drug-likeness (QED) is 0.787. The summed E-state index contributed by atoms with van der Waals surface area (Å²) in [4.78, 5) is 6.87. The molecule has 3 heterocycles. The molecule has 1 aliphatic heterocycles. The summed E-state index contributed by atoms with van der Waals surface area (Å²) in [5.74, 6) is 0. The van der Waals surface area contributed by atoms with Crippen molar-refractivity contribution in [1.29, 1.82) is 0 Å². The van der Waals surface area contributed by atoms with Crippen molar-refractivity contribution in [1.82, 2.24) is 19.8 Å². The number of ether oxygens (including phenoxy) is 1. The van der Waals surface area contributed by atoms with Crippen LogP contribution in [-0.4, -0.2) is 39.8 Å². The highest BCUT2D eigenvalue weighted by atomic mass is 32.1. The largest absolute Gasteiger partial charge is 0.383 e. The first-order valence-electron chi connectivity index (χ1n) is 9.43. The van der Waals surface area contributed by atoms with Gasteiger partial charge in [-0.25, -0.2) is 0 Å². The molecule has 26 heavy (non-hydrogen) atoms. The van der Waals surface area contributed by atoms with Crippen molar-refractivity contribution < 1.29 is 4.74 Å². The SMILES string of the molecule is COCCN1C(=S)NC(c2ccccn2)C1c1cccn1C1CCCC1. The first kappa shape index (κ1) is 17.5. The van der Waals surface area contributed by atoms with Gasteiger partial charge in [0.1, 0.15) is 0 Å². The topological polar surface area (TPSA) is 42.3 Å². The second-order valence-corrected chi connectivity index (χ2v) is 7.48. The minimum Gasteiger partial charge on any atom is -0.383 e. The number of hydrogen-bond donors (Lipinski definition) is 1. The van der Waals surface area contributed by atoms with Gasteiger partial charge in [-0.05, 0) is 49.3 Å². The summed E-state index contributed by atoms with van der Waals surface area (Å²) in [6.07, 6.45) is 9.25. The zero-order chi connectivity index (χ0) is 17.9. The van der Waals surface area contributed by atoms with E-state index in [1.54, 1.807) is 7.11 Å². The van der Waals surface area contributed by atoms with Crippen LogP contribution in [0.25, 0.3) is 0 Å². The molecule has 0 radical (unpaired) electrons. The monoisotopic (exact) mass is 370 g/mol. The molecule has 2 aliphatic rings. The van der Waals surface area contributed by atoms with Crippen LogP contribution >= 0.6 is 12.2 Å². The lowest BCUT2D eigenvalue weighted by Crippen LogP contribution is -2.33. The fourth-order valence-corrected chi connectivity index (χ4v) is 4.66. The highest BCUT2D eigenvalue weighted by Crippen LogP contribution is 2.41. The van der Waals surface area contributed by atoms with E-state index in [-0.39, 0.29) is 12.1 Å². The van der Waals surface area contributed by atoms with Gasteiger partial charge in [0.05, 0.1) is 24.4 Å². The first-order valence-corrected chi connectivity index (χ1v) is 9.84. The second kappa shape index (κ2) is 7.76. The van der Waals surface area contributed by atoms with Crippen molar-refractivity contribution in [2.75, 3.05) is 20.3 Å². The average Bonchev–Trinajstić information content (AvgIpc) is 3.40. The molecule has 1 aliphatic carbocycles. The highest BCUT2D eigenvalue weighted by molar-refractivity contribution is 7.80. The van der Waals surface area contributed by atoms with Crippen molar-refractivity contribution in [3.8, 4) is 0 Å². The minimum absolute atomic E-state index is 0.0515. The van der Waals surface area contributed by atoms with Crippen LogP contribution in [0.2, 0.25) is 0 Å². The van der Waals surface area contributed by atoms with E-state index >= 15 is 0 Å². The van der Waals surface area contributed by atoms with Gasteiger partial charge in [0.2, 0.25) is 0 Å². The lowest BCUT2D eigenvalue weighted by atomic mass is 10.0. The van der Waals surface area contributed by atoms with E-state index in [2.05, 4.69) is 44.2 Å². The highest BCUT2D eigenvalue weighted by Gasteiger charge is 2.41. The third-order valence-corrected chi connectivity index (χ3v) is 5.92. The predicted octanol–water partition coefficient (Wildman–Crippen LogP) is 3.62. The van der Waals surface area contributed by atoms with Gasteiger partial charge in [-0.3, -0.25) is 4.98 Å². The van der Waals surface area contributed by atoms with Gasteiger partial charge in [-0.2, -0.15) is 0 Å². The Morgan fingerprint density at radius 3 is 2.81 bits per heavy atom. The third kappa shape index (κ3) is 3.23. The van der Waals surface area contributed by atoms with Crippen molar-refractivity contribution in [3.63, 3.8) is 0 Å². The van der Waals surface area contributed by atoms with Crippen LogP contribution < -0.4 is 5.32 Å². The maximum absolute atomic E-state index is 5.68. The molecule has 1 saturated carbocycles. The van der Waals surface area contributed by atoms with Gasteiger partial charge in [0.15, 0.2) is 5.11 Å². The van der Waals surface area contributed by atoms with Gasteiger partial charge in [-0.1, -0.05) is 18.9 Å². The van der Waals surface area contributed by atoms with Gasteiger partial charge in [0.25, 0.3) is 0 Å². The molecule has 2 aromatic rings. The molecule has 2 aromatic heterocycles. The molecule has 138 valence electrons. The van der Waals surface area contributed by atoms with Crippen LogP contribution in [0, 0.1) is 0 Å². The lowest BCUT2D eigenvalue weighted by Gasteiger charge is -2.30. The fraction of sp³-hybridized carbons (Fsp3) is 0.500. The predicted molar refractivity (Wildman–Crippen MR) is 106 cm³/mol. The van der Waals surface area contributed by atoms with Crippen LogP contribution in [0.15, 0.2) is 42.7 Å². The summed E-state index contributed by atoms with van der Waals surface area (Å²) in [5, 5.41) is 4.29. The number of pyridine rings is 1. The normalized spacial score (nSPS) is 23.6. The zero-order valence-corrected chi connectivity index (χ0v) is 16.0. The number of hydrogen-bond acceptors (Lipinski definition) is 3. The van der Waals surface area contributed by atoms with Crippen molar-refractivity contribution in [2.24, 2.45) is 0 Å². The molecule has 1 N–H and O–H groups in total. The Morgan fingerprint density at radius 2 is 2.08 bits per heavy atom. The number of nitrogens with zero attached hydrogens (tertiary/aromatic N) is 3. The Kier molecular flexibility index (Phi) is 5.22. The van der Waals surface area contributed by atoms with E-state index in [9.17, 15) is 0 Å². The molecule has 0 aromatic carbocycles. The standard InChI is InChI=1S/C20H26N4OS/c1-25-14-13-24-19(17-10-6-12-23(17)15-7-2-3-8-15)18(22-20(24)26)16-9-4-5-11-21-16/h4-6,9-12,15,18-19H,2-3,7-8,13-14H2,1H3,(H,22,26). The zero-order valence-electron chi connectivity index (χ0n) is 15.2. The van der Waals surface area contributed by atoms with Gasteiger partial charge < -0.3 is 19.5 Å². The third-order valence-electron chi connectivity index (χ3n) is 5.57. The van der Waals surface area contributed by atoms with E-state index < -0.39 is 0 Å². The molecule has 4 rings (SSSR count). The Hall–Kier alpha value is -1.92. The molecule has 6 heteroatoms. The van der Waals surface area contributed by atoms with E-state index in [1.165, 1.54) is 31.4 Å². The number of aromatic nitrogens is 2. The van der Waals surface area contributed by atoms with Crippen LogP contribution in [-0.2, 0) is 4.74 Å². The van der Waals surface area contributed by atoms with Crippen LogP contribution in [0.3, 0.4) is 0 Å². The summed E-state index contributed by atoms with van der Waals surface area (Å²) in [5.41, 5.74) is 2.34. The molecule has 0 amide bonds. The Balaban J connectivity index is 1.72. The molecule has 0 bridgehead atoms. The summed E-state index contributed by atoms with van der Waals surface area (Å²) < 4.78 is 7.81. The lowest BCUT2D eigenvalue weighted by molar-refractivity contribution is 0.161. The smallest absolute Gasteiger partial charge is 0.170 e. The maximum atomic E-state index is 5.68. The Morgan fingerprint density at radius 1 is 1.23 bits per heavy atom. The summed E-state index contributed by atoms with van der Waals surface area (Å²) in [6.45, 7) is 1.42. The summed E-state index contributed by atoms with van der Waals surface area (Å²) >= 11 is 5.68. The van der Waals surface area contributed by atoms with Gasteiger partial charge >= 0.3 is 0 Å². The Labute approximate surface area is 160 Å².